The third kappa shape index (κ3) is 2.06. The van der Waals surface area contributed by atoms with Gasteiger partial charge in [-0.15, -0.1) is 0 Å². The number of esters is 1. The predicted octanol–water partition coefficient (Wildman–Crippen LogP) is 3.54. The van der Waals surface area contributed by atoms with Crippen molar-refractivity contribution < 1.29 is 18.7 Å². The van der Waals surface area contributed by atoms with Crippen LogP contribution in [0.5, 0.6) is 0 Å². The molecule has 0 aliphatic carbocycles. The molecule has 1 aliphatic heterocycles. The standard InChI is InChI=1S/C19H12FNO3/c1-11-14-8-7-12(20)9-15(14)21(13-5-3-2-4-6-13)18(11)17-10-16(22)19(23)24-17/h2-10H,1H3. The van der Waals surface area contributed by atoms with Crippen molar-refractivity contribution in [1.82, 2.24) is 4.57 Å². The summed E-state index contributed by atoms with van der Waals surface area (Å²) in [4.78, 5) is 23.1. The average molecular weight is 321 g/mol. The lowest BCUT2D eigenvalue weighted by Crippen LogP contribution is -2.06. The Hall–Kier alpha value is -3.21. The first-order valence-electron chi connectivity index (χ1n) is 7.40. The minimum Gasteiger partial charge on any atom is -0.418 e. The molecule has 1 aromatic heterocycles. The van der Waals surface area contributed by atoms with Gasteiger partial charge in [0, 0.05) is 17.1 Å². The van der Waals surface area contributed by atoms with E-state index in [0.29, 0.717) is 11.2 Å². The SMILES string of the molecule is Cc1c(C2=CC(=O)C(=O)O2)n(-c2ccccc2)c2cc(F)ccc12. The second-order valence-electron chi connectivity index (χ2n) is 5.57. The second-order valence-corrected chi connectivity index (χ2v) is 5.57. The highest BCUT2D eigenvalue weighted by atomic mass is 19.1. The number of benzene rings is 2. The van der Waals surface area contributed by atoms with Gasteiger partial charge in [-0.3, -0.25) is 4.79 Å². The van der Waals surface area contributed by atoms with Gasteiger partial charge in [-0.2, -0.15) is 0 Å². The number of aromatic nitrogens is 1. The number of fused-ring (bicyclic) bond motifs is 1. The van der Waals surface area contributed by atoms with Crippen LogP contribution in [-0.4, -0.2) is 16.3 Å². The first kappa shape index (κ1) is 14.4. The van der Waals surface area contributed by atoms with Crippen LogP contribution in [0.1, 0.15) is 11.3 Å². The van der Waals surface area contributed by atoms with E-state index in [4.69, 9.17) is 4.74 Å². The smallest absolute Gasteiger partial charge is 0.384 e. The van der Waals surface area contributed by atoms with E-state index in [0.717, 1.165) is 16.6 Å². The molecule has 0 fully saturated rings. The Morgan fingerprint density at radius 3 is 2.46 bits per heavy atom. The summed E-state index contributed by atoms with van der Waals surface area (Å²) in [6.45, 7) is 1.85. The number of hydrogen-bond acceptors (Lipinski definition) is 3. The molecule has 0 atom stereocenters. The second kappa shape index (κ2) is 5.16. The third-order valence-corrected chi connectivity index (χ3v) is 4.10. The summed E-state index contributed by atoms with van der Waals surface area (Å²) in [5.41, 5.74) is 2.81. The van der Waals surface area contributed by atoms with Crippen molar-refractivity contribution in [2.45, 2.75) is 6.92 Å². The molecule has 0 unspecified atom stereocenters. The van der Waals surface area contributed by atoms with Crippen molar-refractivity contribution in [1.29, 1.82) is 0 Å². The van der Waals surface area contributed by atoms with E-state index >= 15 is 0 Å². The van der Waals surface area contributed by atoms with Crippen LogP contribution in [0.15, 0.2) is 54.6 Å². The molecule has 4 rings (SSSR count). The van der Waals surface area contributed by atoms with Crippen LogP contribution in [0.25, 0.3) is 22.3 Å². The Bertz CT molecular complexity index is 1030. The summed E-state index contributed by atoms with van der Waals surface area (Å²) in [5, 5.41) is 0.826. The van der Waals surface area contributed by atoms with Crippen molar-refractivity contribution in [2.75, 3.05) is 0 Å². The molecule has 0 spiro atoms. The highest BCUT2D eigenvalue weighted by Gasteiger charge is 2.30. The number of aryl methyl sites for hydroxylation is 1. The first-order valence-corrected chi connectivity index (χ1v) is 7.40. The third-order valence-electron chi connectivity index (χ3n) is 4.10. The Labute approximate surface area is 136 Å². The minimum absolute atomic E-state index is 0.183. The van der Waals surface area contributed by atoms with E-state index in [9.17, 15) is 14.0 Å². The van der Waals surface area contributed by atoms with E-state index in [1.807, 2.05) is 37.3 Å². The quantitative estimate of drug-likeness (QED) is 0.536. The molecule has 3 aromatic rings. The van der Waals surface area contributed by atoms with Crippen LogP contribution in [0.4, 0.5) is 4.39 Å². The number of halogens is 1. The number of cyclic esters (lactones) is 1. The molecule has 118 valence electrons. The number of nitrogens with zero attached hydrogens (tertiary/aromatic N) is 1. The lowest BCUT2D eigenvalue weighted by molar-refractivity contribution is -0.144. The van der Waals surface area contributed by atoms with Gasteiger partial charge in [-0.05, 0) is 42.8 Å². The van der Waals surface area contributed by atoms with E-state index in [2.05, 4.69) is 0 Å². The molecule has 2 heterocycles. The Kier molecular flexibility index (Phi) is 3.09. The fourth-order valence-electron chi connectivity index (χ4n) is 3.04. The van der Waals surface area contributed by atoms with Gasteiger partial charge >= 0.3 is 5.97 Å². The van der Waals surface area contributed by atoms with Crippen molar-refractivity contribution in [3.05, 3.63) is 71.7 Å². The highest BCUT2D eigenvalue weighted by Crippen LogP contribution is 2.35. The topological polar surface area (TPSA) is 48.3 Å². The molecule has 4 nitrogen and oxygen atoms in total. The number of rotatable bonds is 2. The maximum atomic E-state index is 13.8. The number of carbonyl (C=O) groups excluding carboxylic acids is 2. The number of para-hydroxylation sites is 1. The van der Waals surface area contributed by atoms with Crippen LogP contribution >= 0.6 is 0 Å². The van der Waals surface area contributed by atoms with E-state index < -0.39 is 11.8 Å². The molecule has 2 aromatic carbocycles. The van der Waals surface area contributed by atoms with Crippen molar-refractivity contribution in [3.8, 4) is 5.69 Å². The fraction of sp³-hybridized carbons (Fsp3) is 0.0526. The molecule has 1 aliphatic rings. The maximum absolute atomic E-state index is 13.8. The summed E-state index contributed by atoms with van der Waals surface area (Å²) < 4.78 is 20.7. The van der Waals surface area contributed by atoms with Gasteiger partial charge < -0.3 is 9.30 Å². The zero-order valence-corrected chi connectivity index (χ0v) is 12.7. The van der Waals surface area contributed by atoms with E-state index in [-0.39, 0.29) is 11.6 Å². The molecule has 0 N–H and O–H groups in total. The molecule has 24 heavy (non-hydrogen) atoms. The van der Waals surface area contributed by atoms with Crippen LogP contribution < -0.4 is 0 Å². The van der Waals surface area contributed by atoms with Crippen LogP contribution in [-0.2, 0) is 14.3 Å². The van der Waals surface area contributed by atoms with Crippen molar-refractivity contribution in [3.63, 3.8) is 0 Å². The van der Waals surface area contributed by atoms with Gasteiger partial charge in [-0.25, -0.2) is 9.18 Å². The molecule has 0 radical (unpaired) electrons. The van der Waals surface area contributed by atoms with Crippen LogP contribution in [0.3, 0.4) is 0 Å². The molecule has 5 heteroatoms. The Morgan fingerprint density at radius 1 is 1.04 bits per heavy atom. The lowest BCUT2D eigenvalue weighted by Gasteiger charge is -2.11. The predicted molar refractivity (Wildman–Crippen MR) is 87.0 cm³/mol. The number of ketones is 1. The summed E-state index contributed by atoms with van der Waals surface area (Å²) in [5.74, 6) is -1.78. The molecule has 0 amide bonds. The summed E-state index contributed by atoms with van der Waals surface area (Å²) in [7, 11) is 0. The molecule has 0 saturated carbocycles. The van der Waals surface area contributed by atoms with Gasteiger partial charge in [0.25, 0.3) is 5.78 Å². The van der Waals surface area contributed by atoms with Crippen molar-refractivity contribution >= 4 is 28.4 Å². The lowest BCUT2D eigenvalue weighted by atomic mass is 10.1. The zero-order chi connectivity index (χ0) is 16.8. The molecule has 0 bridgehead atoms. The van der Waals surface area contributed by atoms with E-state index in [1.165, 1.54) is 18.2 Å². The number of carbonyl (C=O) groups is 2. The first-order chi connectivity index (χ1) is 11.6. The molecular formula is C19H12FNO3. The van der Waals surface area contributed by atoms with Crippen molar-refractivity contribution in [2.24, 2.45) is 0 Å². The minimum atomic E-state index is -0.902. The summed E-state index contributed by atoms with van der Waals surface area (Å²) >= 11 is 0. The number of ether oxygens (including phenoxy) is 1. The van der Waals surface area contributed by atoms with E-state index in [1.54, 1.807) is 10.6 Å². The monoisotopic (exact) mass is 321 g/mol. The van der Waals surface area contributed by atoms with Gasteiger partial charge in [0.2, 0.25) is 0 Å². The normalized spacial score (nSPS) is 14.2. The average Bonchev–Trinajstić information content (AvgIpc) is 3.05. The van der Waals surface area contributed by atoms with Gasteiger partial charge in [-0.1, -0.05) is 18.2 Å². The zero-order valence-electron chi connectivity index (χ0n) is 12.7. The number of hydrogen-bond donors (Lipinski definition) is 0. The summed E-state index contributed by atoms with van der Waals surface area (Å²) in [6.07, 6.45) is 1.18. The highest BCUT2D eigenvalue weighted by molar-refractivity contribution is 6.43. The van der Waals surface area contributed by atoms with Crippen LogP contribution in [0.2, 0.25) is 0 Å². The summed E-state index contributed by atoms with van der Waals surface area (Å²) in [6, 6.07) is 13.8. The Morgan fingerprint density at radius 2 is 1.79 bits per heavy atom. The molecular weight excluding hydrogens is 309 g/mol. The van der Waals surface area contributed by atoms with Gasteiger partial charge in [0.05, 0.1) is 11.2 Å². The molecule has 0 saturated heterocycles. The van der Waals surface area contributed by atoms with Crippen LogP contribution in [0, 0.1) is 12.7 Å². The van der Waals surface area contributed by atoms with Gasteiger partial charge in [0.1, 0.15) is 5.82 Å². The van der Waals surface area contributed by atoms with Gasteiger partial charge in [0.15, 0.2) is 5.76 Å². The Balaban J connectivity index is 2.09. The fourth-order valence-corrected chi connectivity index (χ4v) is 3.04. The maximum Gasteiger partial charge on any atom is 0.384 e. The largest absolute Gasteiger partial charge is 0.418 e.